The molecule has 8 heteroatoms. The molecule has 0 unspecified atom stereocenters. The maximum atomic E-state index is 12.5. The molecule has 0 atom stereocenters. The number of aryl methyl sites for hydroxylation is 1. The number of sulfonamides is 1. The molecule has 2 heterocycles. The first-order chi connectivity index (χ1) is 12.5. The van der Waals surface area contributed by atoms with Crippen molar-refractivity contribution in [3.8, 4) is 5.75 Å². The minimum atomic E-state index is -3.62. The van der Waals surface area contributed by atoms with E-state index in [-0.39, 0.29) is 11.4 Å². The topological polar surface area (TPSA) is 84.4 Å². The predicted molar refractivity (Wildman–Crippen MR) is 99.9 cm³/mol. The Morgan fingerprint density at radius 2 is 1.96 bits per heavy atom. The molecule has 140 valence electrons. The van der Waals surface area contributed by atoms with Gasteiger partial charge in [-0.3, -0.25) is 0 Å². The molecule has 1 saturated heterocycles. The van der Waals surface area contributed by atoms with Gasteiger partial charge in [0.1, 0.15) is 5.75 Å². The summed E-state index contributed by atoms with van der Waals surface area (Å²) in [5.74, 6) is 1.33. The van der Waals surface area contributed by atoms with E-state index in [1.54, 1.807) is 31.5 Å². The zero-order valence-corrected chi connectivity index (χ0v) is 15.9. The van der Waals surface area contributed by atoms with E-state index in [9.17, 15) is 8.42 Å². The van der Waals surface area contributed by atoms with Crippen LogP contribution in [0, 0.1) is 6.92 Å². The maximum absolute atomic E-state index is 12.5. The van der Waals surface area contributed by atoms with Crippen LogP contribution in [0.1, 0.15) is 30.5 Å². The predicted octanol–water partition coefficient (Wildman–Crippen LogP) is 2.26. The first kappa shape index (κ1) is 18.6. The fourth-order valence-corrected chi connectivity index (χ4v) is 4.08. The molecule has 1 fully saturated rings. The van der Waals surface area contributed by atoms with Crippen molar-refractivity contribution >= 4 is 16.0 Å². The molecule has 0 saturated carbocycles. The monoisotopic (exact) mass is 376 g/mol. The molecule has 3 rings (SSSR count). The first-order valence-electron chi connectivity index (χ1n) is 8.71. The molecule has 1 aliphatic rings. The van der Waals surface area contributed by atoms with Crippen LogP contribution in [0.2, 0.25) is 0 Å². The Hall–Kier alpha value is -2.19. The van der Waals surface area contributed by atoms with Crippen LogP contribution in [0.25, 0.3) is 0 Å². The molecular weight excluding hydrogens is 352 g/mol. The number of nitrogens with one attached hydrogen (secondary N) is 1. The van der Waals surface area contributed by atoms with Crippen LogP contribution in [0.3, 0.4) is 0 Å². The third-order valence-corrected chi connectivity index (χ3v) is 5.86. The Morgan fingerprint density at radius 3 is 2.65 bits per heavy atom. The highest BCUT2D eigenvalue weighted by Crippen LogP contribution is 2.21. The molecule has 1 N–H and O–H groups in total. The lowest BCUT2D eigenvalue weighted by atomic mass is 10.1. The number of anilines is 1. The highest BCUT2D eigenvalue weighted by atomic mass is 32.2. The Bertz CT molecular complexity index is 864. The summed E-state index contributed by atoms with van der Waals surface area (Å²) in [7, 11) is -2.06. The smallest absolute Gasteiger partial charge is 0.240 e. The van der Waals surface area contributed by atoms with Crippen molar-refractivity contribution in [3.63, 3.8) is 0 Å². The van der Waals surface area contributed by atoms with Gasteiger partial charge in [-0.15, -0.1) is 0 Å². The minimum Gasteiger partial charge on any atom is -0.496 e. The van der Waals surface area contributed by atoms with Crippen molar-refractivity contribution in [2.45, 2.75) is 37.6 Å². The maximum Gasteiger partial charge on any atom is 0.240 e. The summed E-state index contributed by atoms with van der Waals surface area (Å²) >= 11 is 0. The molecule has 0 amide bonds. The number of nitrogens with zero attached hydrogens (tertiary/aromatic N) is 3. The summed E-state index contributed by atoms with van der Waals surface area (Å²) < 4.78 is 32.9. The summed E-state index contributed by atoms with van der Waals surface area (Å²) in [5, 5.41) is 0. The van der Waals surface area contributed by atoms with E-state index in [1.807, 2.05) is 6.92 Å². The largest absolute Gasteiger partial charge is 0.496 e. The highest BCUT2D eigenvalue weighted by molar-refractivity contribution is 7.89. The molecule has 2 aromatic rings. The van der Waals surface area contributed by atoms with E-state index in [2.05, 4.69) is 19.6 Å². The SMILES string of the molecule is COc1ccc(S(=O)(=O)NCc2ccnc(N3CCCCC3)n2)cc1C. The fraction of sp³-hybridized carbons (Fsp3) is 0.444. The van der Waals surface area contributed by atoms with Gasteiger partial charge in [0, 0.05) is 19.3 Å². The van der Waals surface area contributed by atoms with Gasteiger partial charge in [-0.05, 0) is 56.0 Å². The lowest BCUT2D eigenvalue weighted by Gasteiger charge is -2.26. The second-order valence-electron chi connectivity index (χ2n) is 6.35. The minimum absolute atomic E-state index is 0.122. The van der Waals surface area contributed by atoms with E-state index >= 15 is 0 Å². The van der Waals surface area contributed by atoms with Gasteiger partial charge in [0.2, 0.25) is 16.0 Å². The van der Waals surface area contributed by atoms with Crippen molar-refractivity contribution in [1.82, 2.24) is 14.7 Å². The van der Waals surface area contributed by atoms with E-state index in [1.165, 1.54) is 12.5 Å². The number of hydrogen-bond donors (Lipinski definition) is 1. The van der Waals surface area contributed by atoms with Crippen molar-refractivity contribution in [1.29, 1.82) is 0 Å². The molecule has 0 spiro atoms. The van der Waals surface area contributed by atoms with Gasteiger partial charge in [0.05, 0.1) is 24.2 Å². The van der Waals surface area contributed by atoms with Crippen LogP contribution in [-0.2, 0) is 16.6 Å². The number of methoxy groups -OCH3 is 1. The van der Waals surface area contributed by atoms with Gasteiger partial charge in [-0.2, -0.15) is 0 Å². The lowest BCUT2D eigenvalue weighted by Crippen LogP contribution is -2.31. The first-order valence-corrected chi connectivity index (χ1v) is 10.2. The summed E-state index contributed by atoms with van der Waals surface area (Å²) in [6, 6.07) is 6.52. The van der Waals surface area contributed by atoms with Gasteiger partial charge in [-0.25, -0.2) is 23.1 Å². The number of rotatable bonds is 6. The summed E-state index contributed by atoms with van der Waals surface area (Å²) in [6.45, 7) is 3.82. The molecule has 1 aliphatic heterocycles. The Kier molecular flexibility index (Phi) is 5.73. The molecule has 0 aliphatic carbocycles. The van der Waals surface area contributed by atoms with Crippen molar-refractivity contribution < 1.29 is 13.2 Å². The van der Waals surface area contributed by atoms with Crippen LogP contribution >= 0.6 is 0 Å². The van der Waals surface area contributed by atoms with E-state index < -0.39 is 10.0 Å². The number of ether oxygens (including phenoxy) is 1. The fourth-order valence-electron chi connectivity index (χ4n) is 3.00. The van der Waals surface area contributed by atoms with Crippen LogP contribution in [-0.4, -0.2) is 38.6 Å². The van der Waals surface area contributed by atoms with Gasteiger partial charge >= 0.3 is 0 Å². The standard InChI is InChI=1S/C18H24N4O3S/c1-14-12-16(6-7-17(14)25-2)26(23,24)20-13-15-8-9-19-18(21-15)22-10-4-3-5-11-22/h6-9,12,20H,3-5,10-11,13H2,1-2H3. The second-order valence-corrected chi connectivity index (χ2v) is 8.12. The zero-order chi connectivity index (χ0) is 18.6. The molecule has 1 aromatic carbocycles. The quantitative estimate of drug-likeness (QED) is 0.832. The molecule has 7 nitrogen and oxygen atoms in total. The van der Waals surface area contributed by atoms with Gasteiger partial charge in [0.15, 0.2) is 0 Å². The van der Waals surface area contributed by atoms with E-state index in [0.29, 0.717) is 17.4 Å². The summed E-state index contributed by atoms with van der Waals surface area (Å²) in [6.07, 6.45) is 5.18. The average Bonchev–Trinajstić information content (AvgIpc) is 2.67. The van der Waals surface area contributed by atoms with Gasteiger partial charge in [0.25, 0.3) is 0 Å². The highest BCUT2D eigenvalue weighted by Gasteiger charge is 2.17. The molecule has 1 aromatic heterocycles. The molecule has 0 bridgehead atoms. The van der Waals surface area contributed by atoms with Gasteiger partial charge in [-0.1, -0.05) is 0 Å². The normalized spacial score (nSPS) is 15.1. The van der Waals surface area contributed by atoms with Crippen LogP contribution in [0.15, 0.2) is 35.4 Å². The van der Waals surface area contributed by atoms with Crippen molar-refractivity contribution in [2.75, 3.05) is 25.1 Å². The average molecular weight is 376 g/mol. The van der Waals surface area contributed by atoms with Crippen molar-refractivity contribution in [2.24, 2.45) is 0 Å². The molecule has 0 radical (unpaired) electrons. The lowest BCUT2D eigenvalue weighted by molar-refractivity contribution is 0.411. The Balaban J connectivity index is 1.70. The molecule has 26 heavy (non-hydrogen) atoms. The number of benzene rings is 1. The van der Waals surface area contributed by atoms with Crippen LogP contribution < -0.4 is 14.4 Å². The summed E-state index contributed by atoms with van der Waals surface area (Å²) in [4.78, 5) is 11.2. The Labute approximate surface area is 154 Å². The number of piperidine rings is 1. The number of hydrogen-bond acceptors (Lipinski definition) is 6. The van der Waals surface area contributed by atoms with Crippen LogP contribution in [0.4, 0.5) is 5.95 Å². The van der Waals surface area contributed by atoms with Gasteiger partial charge < -0.3 is 9.64 Å². The molecular formula is C18H24N4O3S. The second kappa shape index (κ2) is 8.01. The third-order valence-electron chi connectivity index (χ3n) is 4.46. The summed E-state index contributed by atoms with van der Waals surface area (Å²) in [5.41, 5.74) is 1.42. The van der Waals surface area contributed by atoms with E-state index in [0.717, 1.165) is 31.5 Å². The van der Waals surface area contributed by atoms with E-state index in [4.69, 9.17) is 4.74 Å². The Morgan fingerprint density at radius 1 is 1.19 bits per heavy atom. The van der Waals surface area contributed by atoms with Crippen LogP contribution in [0.5, 0.6) is 5.75 Å². The number of aromatic nitrogens is 2. The third kappa shape index (κ3) is 4.31. The van der Waals surface area contributed by atoms with Crippen molar-refractivity contribution in [3.05, 3.63) is 41.7 Å². The zero-order valence-electron chi connectivity index (χ0n) is 15.1.